The van der Waals surface area contributed by atoms with Gasteiger partial charge in [-0.15, -0.1) is 31.7 Å². The van der Waals surface area contributed by atoms with Crippen molar-refractivity contribution in [3.63, 3.8) is 0 Å². The molecule has 0 radical (unpaired) electrons. The number of fused-ring (bicyclic) bond motifs is 2. The standard InChI is InChI=1S/C24H16N8S3/c1-13-7-3-5-9-15(13)19-25-27-23-31(19)29-21(34-23)17-11-12-18(33-17)22-30-32-20(26-28-24(32)35-22)16-10-6-4-8-14(16)2/h3-12H,1-2H3. The van der Waals surface area contributed by atoms with Gasteiger partial charge in [-0.1, -0.05) is 71.2 Å². The molecule has 0 saturated heterocycles. The van der Waals surface area contributed by atoms with E-state index in [-0.39, 0.29) is 0 Å². The highest BCUT2D eigenvalue weighted by molar-refractivity contribution is 7.28. The highest BCUT2D eigenvalue weighted by atomic mass is 32.1. The largest absolute Gasteiger partial charge is 0.235 e. The molecule has 0 spiro atoms. The first-order valence-corrected chi connectivity index (χ1v) is 13.3. The van der Waals surface area contributed by atoms with Gasteiger partial charge in [0, 0.05) is 11.1 Å². The molecule has 35 heavy (non-hydrogen) atoms. The molecule has 11 heteroatoms. The predicted molar refractivity (Wildman–Crippen MR) is 140 cm³/mol. The Morgan fingerprint density at radius 3 is 1.46 bits per heavy atom. The molecule has 0 aliphatic heterocycles. The van der Waals surface area contributed by atoms with E-state index in [1.165, 1.54) is 22.7 Å². The highest BCUT2D eigenvalue weighted by Crippen LogP contribution is 2.39. The van der Waals surface area contributed by atoms with Crippen LogP contribution in [0.4, 0.5) is 0 Å². The topological polar surface area (TPSA) is 86.2 Å². The smallest absolute Gasteiger partial charge is 0.182 e. The quantitative estimate of drug-likeness (QED) is 0.286. The maximum absolute atomic E-state index is 4.84. The molecule has 0 unspecified atom stereocenters. The summed E-state index contributed by atoms with van der Waals surface area (Å²) in [7, 11) is 0. The fourth-order valence-corrected chi connectivity index (χ4v) is 6.77. The second kappa shape index (κ2) is 7.87. The summed E-state index contributed by atoms with van der Waals surface area (Å²) in [4.78, 5) is 3.68. The lowest BCUT2D eigenvalue weighted by atomic mass is 10.1. The van der Waals surface area contributed by atoms with Crippen LogP contribution >= 0.6 is 34.0 Å². The molecule has 5 heterocycles. The molecular formula is C24H16N8S3. The van der Waals surface area contributed by atoms with Gasteiger partial charge in [0.2, 0.25) is 9.92 Å². The zero-order valence-corrected chi connectivity index (χ0v) is 21.0. The van der Waals surface area contributed by atoms with E-state index in [0.29, 0.717) is 0 Å². The van der Waals surface area contributed by atoms with E-state index >= 15 is 0 Å². The lowest BCUT2D eigenvalue weighted by Crippen LogP contribution is -1.92. The number of hydrogen-bond acceptors (Lipinski definition) is 9. The van der Waals surface area contributed by atoms with Crippen LogP contribution in [-0.4, -0.2) is 39.6 Å². The summed E-state index contributed by atoms with van der Waals surface area (Å²) in [5.41, 5.74) is 4.35. The van der Waals surface area contributed by atoms with Crippen LogP contribution in [0.25, 0.3) is 52.5 Å². The first-order valence-electron chi connectivity index (χ1n) is 10.8. The fraction of sp³-hybridized carbons (Fsp3) is 0.0833. The minimum Gasteiger partial charge on any atom is -0.182 e. The van der Waals surface area contributed by atoms with E-state index in [2.05, 4.69) is 58.5 Å². The van der Waals surface area contributed by atoms with Crippen LogP contribution in [0.2, 0.25) is 0 Å². The van der Waals surface area contributed by atoms with Gasteiger partial charge in [-0.2, -0.15) is 19.2 Å². The van der Waals surface area contributed by atoms with Gasteiger partial charge in [-0.05, 0) is 37.1 Å². The number of aromatic nitrogens is 8. The molecule has 0 fully saturated rings. The Bertz CT molecular complexity index is 1720. The van der Waals surface area contributed by atoms with Crippen molar-refractivity contribution in [3.05, 3.63) is 71.8 Å². The Labute approximate surface area is 211 Å². The third kappa shape index (κ3) is 3.31. The molecule has 0 N–H and O–H groups in total. The van der Waals surface area contributed by atoms with Gasteiger partial charge in [0.15, 0.2) is 21.7 Å². The second-order valence-corrected chi connectivity index (χ2v) is 11.0. The van der Waals surface area contributed by atoms with E-state index in [9.17, 15) is 0 Å². The molecule has 0 bridgehead atoms. The van der Waals surface area contributed by atoms with Crippen LogP contribution in [0.3, 0.4) is 0 Å². The van der Waals surface area contributed by atoms with Crippen LogP contribution in [-0.2, 0) is 0 Å². The van der Waals surface area contributed by atoms with E-state index in [4.69, 9.17) is 10.2 Å². The first-order chi connectivity index (χ1) is 17.2. The van der Waals surface area contributed by atoms with Crippen molar-refractivity contribution in [1.82, 2.24) is 39.6 Å². The van der Waals surface area contributed by atoms with E-state index in [1.807, 2.05) is 45.4 Å². The van der Waals surface area contributed by atoms with Gasteiger partial charge >= 0.3 is 0 Å². The van der Waals surface area contributed by atoms with Crippen LogP contribution in [0.15, 0.2) is 60.7 Å². The summed E-state index contributed by atoms with van der Waals surface area (Å²) in [5.74, 6) is 1.52. The molecule has 0 aliphatic rings. The van der Waals surface area contributed by atoms with Crippen molar-refractivity contribution >= 4 is 43.9 Å². The lowest BCUT2D eigenvalue weighted by molar-refractivity contribution is 0.970. The van der Waals surface area contributed by atoms with E-state index in [0.717, 1.165) is 63.6 Å². The lowest BCUT2D eigenvalue weighted by Gasteiger charge is -2.00. The summed E-state index contributed by atoms with van der Waals surface area (Å²) in [6.45, 7) is 4.14. The van der Waals surface area contributed by atoms with Crippen molar-refractivity contribution in [3.8, 4) is 42.5 Å². The van der Waals surface area contributed by atoms with Crippen LogP contribution in [0, 0.1) is 13.8 Å². The molecule has 0 amide bonds. The SMILES string of the molecule is Cc1ccccc1-c1nnc2sc(-c3ccc(-c4nn5c(-c6ccccc6C)nnc5s4)s3)nn12. The van der Waals surface area contributed by atoms with Crippen molar-refractivity contribution in [2.75, 3.05) is 0 Å². The summed E-state index contributed by atoms with van der Waals surface area (Å²) in [6.07, 6.45) is 0. The zero-order chi connectivity index (χ0) is 23.5. The van der Waals surface area contributed by atoms with Crippen LogP contribution < -0.4 is 0 Å². The van der Waals surface area contributed by atoms with Crippen molar-refractivity contribution < 1.29 is 0 Å². The van der Waals surface area contributed by atoms with Crippen LogP contribution in [0.5, 0.6) is 0 Å². The summed E-state index contributed by atoms with van der Waals surface area (Å²) < 4.78 is 3.67. The van der Waals surface area contributed by atoms with Crippen molar-refractivity contribution in [2.45, 2.75) is 13.8 Å². The molecule has 2 aromatic carbocycles. The van der Waals surface area contributed by atoms with E-state index in [1.54, 1.807) is 11.3 Å². The average Bonchev–Trinajstić information content (AvgIpc) is 3.65. The normalized spacial score (nSPS) is 11.7. The molecule has 5 aromatic heterocycles. The molecule has 0 aliphatic carbocycles. The van der Waals surface area contributed by atoms with Gasteiger partial charge in [0.05, 0.1) is 9.75 Å². The maximum atomic E-state index is 4.84. The molecule has 0 atom stereocenters. The number of nitrogens with zero attached hydrogens (tertiary/aromatic N) is 8. The Kier molecular flexibility index (Phi) is 4.62. The van der Waals surface area contributed by atoms with E-state index < -0.39 is 0 Å². The van der Waals surface area contributed by atoms with Gasteiger partial charge in [-0.3, -0.25) is 0 Å². The summed E-state index contributed by atoms with van der Waals surface area (Å²) in [6, 6.07) is 20.5. The second-order valence-electron chi connectivity index (χ2n) is 8.04. The molecule has 170 valence electrons. The Balaban J connectivity index is 1.25. The zero-order valence-electron chi connectivity index (χ0n) is 18.6. The predicted octanol–water partition coefficient (Wildman–Crippen LogP) is 6.03. The number of hydrogen-bond donors (Lipinski definition) is 0. The third-order valence-electron chi connectivity index (χ3n) is 5.78. The first kappa shape index (κ1) is 20.6. The van der Waals surface area contributed by atoms with Gasteiger partial charge in [-0.25, -0.2) is 0 Å². The van der Waals surface area contributed by atoms with Crippen molar-refractivity contribution in [2.24, 2.45) is 0 Å². The Hall–Kier alpha value is -3.80. The van der Waals surface area contributed by atoms with Gasteiger partial charge in [0.25, 0.3) is 0 Å². The fourth-order valence-electron chi connectivity index (χ4n) is 3.98. The average molecular weight is 513 g/mol. The van der Waals surface area contributed by atoms with Crippen LogP contribution in [0.1, 0.15) is 11.1 Å². The van der Waals surface area contributed by atoms with Crippen molar-refractivity contribution in [1.29, 1.82) is 0 Å². The Morgan fingerprint density at radius 2 is 1.00 bits per heavy atom. The number of benzene rings is 2. The minimum atomic E-state index is 0.759. The Morgan fingerprint density at radius 1 is 0.543 bits per heavy atom. The number of aryl methyl sites for hydroxylation is 2. The maximum Gasteiger partial charge on any atom is 0.235 e. The minimum absolute atomic E-state index is 0.759. The summed E-state index contributed by atoms with van der Waals surface area (Å²) >= 11 is 4.72. The molecule has 8 nitrogen and oxygen atoms in total. The molecule has 7 aromatic rings. The molecule has 7 rings (SSSR count). The monoisotopic (exact) mass is 512 g/mol. The number of rotatable bonds is 4. The summed E-state index contributed by atoms with van der Waals surface area (Å²) in [5, 5.41) is 29.0. The molecule has 0 saturated carbocycles. The highest BCUT2D eigenvalue weighted by Gasteiger charge is 2.19. The molecular weight excluding hydrogens is 497 g/mol. The van der Waals surface area contributed by atoms with Gasteiger partial charge in [0.1, 0.15) is 0 Å². The third-order valence-corrected chi connectivity index (χ3v) is 9.00. The number of thiophene rings is 1. The van der Waals surface area contributed by atoms with Gasteiger partial charge < -0.3 is 0 Å².